The van der Waals surface area contributed by atoms with Crippen molar-refractivity contribution in [2.24, 2.45) is 0 Å². The van der Waals surface area contributed by atoms with Crippen molar-refractivity contribution in [3.8, 4) is 0 Å². The predicted octanol–water partition coefficient (Wildman–Crippen LogP) is 1.85. The third-order valence-corrected chi connectivity index (χ3v) is 3.06. The Bertz CT molecular complexity index is 590. The summed E-state index contributed by atoms with van der Waals surface area (Å²) in [5, 5.41) is 6.05. The fraction of sp³-hybridized carbons (Fsp3) is 0.312. The Morgan fingerprint density at radius 2 is 2.05 bits per heavy atom. The first-order valence-electron chi connectivity index (χ1n) is 7.15. The zero-order chi connectivity index (χ0) is 15.6. The minimum atomic E-state index is -0.126. The second-order valence-electron chi connectivity index (χ2n) is 4.74. The third-order valence-electron chi connectivity index (χ3n) is 3.06. The van der Waals surface area contributed by atoms with Gasteiger partial charge in [0.15, 0.2) is 0 Å². The maximum Gasteiger partial charge on any atom is 0.251 e. The lowest BCUT2D eigenvalue weighted by atomic mass is 10.2. The van der Waals surface area contributed by atoms with Crippen molar-refractivity contribution in [1.29, 1.82) is 0 Å². The van der Waals surface area contributed by atoms with Gasteiger partial charge in [-0.15, -0.1) is 0 Å². The van der Waals surface area contributed by atoms with E-state index in [0.29, 0.717) is 24.5 Å². The number of hydrogen-bond donors (Lipinski definition) is 2. The number of rotatable bonds is 8. The van der Waals surface area contributed by atoms with Gasteiger partial charge in [0.1, 0.15) is 5.82 Å². The van der Waals surface area contributed by atoms with Gasteiger partial charge in [0.25, 0.3) is 5.91 Å². The van der Waals surface area contributed by atoms with E-state index in [4.69, 9.17) is 4.74 Å². The molecular formula is C16H20N4O2. The first-order valence-corrected chi connectivity index (χ1v) is 7.15. The molecule has 6 nitrogen and oxygen atoms in total. The fourth-order valence-electron chi connectivity index (χ4n) is 1.89. The Morgan fingerprint density at radius 3 is 2.82 bits per heavy atom. The highest BCUT2D eigenvalue weighted by Gasteiger charge is 2.06. The van der Waals surface area contributed by atoms with E-state index in [9.17, 15) is 4.79 Å². The molecule has 0 aliphatic heterocycles. The second-order valence-corrected chi connectivity index (χ2v) is 4.74. The van der Waals surface area contributed by atoms with Crippen LogP contribution in [0, 0.1) is 0 Å². The zero-order valence-electron chi connectivity index (χ0n) is 12.6. The van der Waals surface area contributed by atoms with Crippen molar-refractivity contribution in [3.63, 3.8) is 0 Å². The molecule has 1 amide bonds. The normalized spacial score (nSPS) is 10.2. The van der Waals surface area contributed by atoms with Gasteiger partial charge >= 0.3 is 0 Å². The smallest absolute Gasteiger partial charge is 0.251 e. The number of nitrogens with zero attached hydrogens (tertiary/aromatic N) is 2. The summed E-state index contributed by atoms with van der Waals surface area (Å²) in [5.41, 5.74) is 1.59. The molecule has 0 aliphatic rings. The molecule has 0 radical (unpaired) electrons. The summed E-state index contributed by atoms with van der Waals surface area (Å²) in [6, 6.07) is 7.18. The van der Waals surface area contributed by atoms with Crippen LogP contribution in [0.5, 0.6) is 0 Å². The number of nitrogens with one attached hydrogen (secondary N) is 2. The fourth-order valence-corrected chi connectivity index (χ4v) is 1.89. The molecule has 6 heteroatoms. The van der Waals surface area contributed by atoms with Crippen molar-refractivity contribution >= 4 is 11.7 Å². The number of carbonyl (C=O) groups excluding carboxylic acids is 1. The van der Waals surface area contributed by atoms with Crippen LogP contribution in [-0.2, 0) is 11.3 Å². The first-order chi connectivity index (χ1) is 10.8. The van der Waals surface area contributed by atoms with Crippen LogP contribution in [0.4, 0.5) is 5.82 Å². The summed E-state index contributed by atoms with van der Waals surface area (Å²) >= 11 is 0. The monoisotopic (exact) mass is 300 g/mol. The van der Waals surface area contributed by atoms with Crippen molar-refractivity contribution in [2.45, 2.75) is 13.0 Å². The van der Waals surface area contributed by atoms with Gasteiger partial charge in [0, 0.05) is 51.0 Å². The molecule has 22 heavy (non-hydrogen) atoms. The molecule has 0 fully saturated rings. The Labute approximate surface area is 129 Å². The Morgan fingerprint density at radius 1 is 1.23 bits per heavy atom. The average Bonchev–Trinajstić information content (AvgIpc) is 2.58. The van der Waals surface area contributed by atoms with Gasteiger partial charge in [0.2, 0.25) is 0 Å². The molecule has 116 valence electrons. The number of methoxy groups -OCH3 is 1. The lowest BCUT2D eigenvalue weighted by molar-refractivity contribution is 0.0951. The highest BCUT2D eigenvalue weighted by molar-refractivity contribution is 5.94. The van der Waals surface area contributed by atoms with Crippen LogP contribution in [0.3, 0.4) is 0 Å². The molecule has 2 aromatic heterocycles. The molecule has 2 N–H and O–H groups in total. The van der Waals surface area contributed by atoms with Gasteiger partial charge in [-0.25, -0.2) is 4.98 Å². The van der Waals surface area contributed by atoms with Crippen LogP contribution in [0.15, 0.2) is 42.9 Å². The first kappa shape index (κ1) is 15.9. The summed E-state index contributed by atoms with van der Waals surface area (Å²) in [6.45, 7) is 1.92. The molecule has 0 spiro atoms. The summed E-state index contributed by atoms with van der Waals surface area (Å²) in [7, 11) is 1.67. The van der Waals surface area contributed by atoms with E-state index in [-0.39, 0.29) is 5.91 Å². The number of amides is 1. The van der Waals surface area contributed by atoms with Crippen molar-refractivity contribution in [2.75, 3.05) is 25.6 Å². The van der Waals surface area contributed by atoms with E-state index in [0.717, 1.165) is 18.5 Å². The highest BCUT2D eigenvalue weighted by atomic mass is 16.5. The minimum Gasteiger partial charge on any atom is -0.385 e. The van der Waals surface area contributed by atoms with Gasteiger partial charge < -0.3 is 15.4 Å². The molecule has 0 saturated carbocycles. The second kappa shape index (κ2) is 8.74. The number of hydrogen-bond acceptors (Lipinski definition) is 5. The lowest BCUT2D eigenvalue weighted by Crippen LogP contribution is -2.23. The Balaban J connectivity index is 1.86. The van der Waals surface area contributed by atoms with Crippen LogP contribution in [0.1, 0.15) is 22.3 Å². The van der Waals surface area contributed by atoms with E-state index in [2.05, 4.69) is 20.6 Å². The summed E-state index contributed by atoms with van der Waals surface area (Å²) in [4.78, 5) is 20.3. The minimum absolute atomic E-state index is 0.126. The van der Waals surface area contributed by atoms with Gasteiger partial charge in [0.05, 0.1) is 0 Å². The largest absolute Gasteiger partial charge is 0.385 e. The van der Waals surface area contributed by atoms with E-state index >= 15 is 0 Å². The van der Waals surface area contributed by atoms with Gasteiger partial charge in [-0.05, 0) is 36.2 Å². The molecule has 2 rings (SSSR count). The van der Waals surface area contributed by atoms with Crippen LogP contribution in [0.2, 0.25) is 0 Å². The van der Waals surface area contributed by atoms with Crippen molar-refractivity contribution in [3.05, 3.63) is 54.0 Å². The standard InChI is InChI=1S/C16H20N4O2/c1-22-10-2-6-18-15-11-14(5-9-19-15)16(21)20-12-13-3-7-17-8-4-13/h3-5,7-9,11H,2,6,10,12H2,1H3,(H,18,19)(H,20,21). The van der Waals surface area contributed by atoms with E-state index in [1.807, 2.05) is 12.1 Å². The van der Waals surface area contributed by atoms with Crippen LogP contribution in [-0.4, -0.2) is 36.1 Å². The van der Waals surface area contributed by atoms with Crippen LogP contribution >= 0.6 is 0 Å². The Hall–Kier alpha value is -2.47. The average molecular weight is 300 g/mol. The predicted molar refractivity (Wildman–Crippen MR) is 84.6 cm³/mol. The Kier molecular flexibility index (Phi) is 6.32. The van der Waals surface area contributed by atoms with Crippen LogP contribution < -0.4 is 10.6 Å². The maximum atomic E-state index is 12.1. The molecular weight excluding hydrogens is 280 g/mol. The summed E-state index contributed by atoms with van der Waals surface area (Å²) < 4.78 is 4.99. The highest BCUT2D eigenvalue weighted by Crippen LogP contribution is 2.07. The zero-order valence-corrected chi connectivity index (χ0v) is 12.6. The maximum absolute atomic E-state index is 12.1. The topological polar surface area (TPSA) is 76.1 Å². The molecule has 2 heterocycles. The number of carbonyl (C=O) groups is 1. The van der Waals surface area contributed by atoms with Crippen molar-refractivity contribution < 1.29 is 9.53 Å². The van der Waals surface area contributed by atoms with E-state index in [1.54, 1.807) is 37.8 Å². The van der Waals surface area contributed by atoms with Gasteiger partial charge in [-0.2, -0.15) is 0 Å². The summed E-state index contributed by atoms with van der Waals surface area (Å²) in [5.74, 6) is 0.562. The number of aromatic nitrogens is 2. The van der Waals surface area contributed by atoms with Gasteiger partial charge in [-0.3, -0.25) is 9.78 Å². The van der Waals surface area contributed by atoms with Crippen molar-refractivity contribution in [1.82, 2.24) is 15.3 Å². The number of ether oxygens (including phenoxy) is 1. The molecule has 0 atom stereocenters. The van der Waals surface area contributed by atoms with Gasteiger partial charge in [-0.1, -0.05) is 0 Å². The molecule has 0 saturated heterocycles. The van der Waals surface area contributed by atoms with Crippen LogP contribution in [0.25, 0.3) is 0 Å². The molecule has 0 unspecified atom stereocenters. The van der Waals surface area contributed by atoms with E-state index in [1.165, 1.54) is 0 Å². The summed E-state index contributed by atoms with van der Waals surface area (Å²) in [6.07, 6.45) is 5.92. The molecule has 2 aromatic rings. The van der Waals surface area contributed by atoms with E-state index < -0.39 is 0 Å². The number of anilines is 1. The molecule has 0 bridgehead atoms. The molecule has 0 aliphatic carbocycles. The SMILES string of the molecule is COCCCNc1cc(C(=O)NCc2ccncc2)ccn1. The number of pyridine rings is 2. The third kappa shape index (κ3) is 5.14. The quantitative estimate of drug-likeness (QED) is 0.728. The lowest BCUT2D eigenvalue weighted by Gasteiger charge is -2.08. The molecule has 0 aromatic carbocycles.